The largest absolute Gasteiger partial charge is 0.455 e. The average molecular weight is 422 g/mol. The number of rotatable bonds is 6. The van der Waals surface area contributed by atoms with Crippen LogP contribution in [-0.4, -0.2) is 31.9 Å². The van der Waals surface area contributed by atoms with Crippen LogP contribution in [0.25, 0.3) is 17.0 Å². The lowest BCUT2D eigenvalue weighted by Gasteiger charge is -1.97. The minimum Gasteiger partial charge on any atom is -0.455 e. The summed E-state index contributed by atoms with van der Waals surface area (Å²) in [6, 6.07) is 10.7. The number of nitro benzene ring substituents is 1. The average Bonchev–Trinajstić information content (AvgIpc) is 3.35. The highest BCUT2D eigenvalue weighted by Gasteiger charge is 2.18. The summed E-state index contributed by atoms with van der Waals surface area (Å²) in [6.07, 6.45) is 2.72. The van der Waals surface area contributed by atoms with Crippen molar-refractivity contribution in [3.63, 3.8) is 0 Å². The van der Waals surface area contributed by atoms with Crippen molar-refractivity contribution in [1.82, 2.24) is 20.3 Å². The second-order valence-electron chi connectivity index (χ2n) is 6.58. The summed E-state index contributed by atoms with van der Waals surface area (Å²) >= 11 is 0. The van der Waals surface area contributed by atoms with Crippen LogP contribution in [0.3, 0.4) is 0 Å². The van der Waals surface area contributed by atoms with E-state index in [1.54, 1.807) is 31.2 Å². The van der Waals surface area contributed by atoms with Crippen LogP contribution < -0.4 is 15.4 Å². The van der Waals surface area contributed by atoms with E-state index in [4.69, 9.17) is 4.42 Å². The first-order valence-corrected chi connectivity index (χ1v) is 9.04. The summed E-state index contributed by atoms with van der Waals surface area (Å²) in [5.41, 5.74) is 3.63. The molecule has 2 N–H and O–H groups in total. The van der Waals surface area contributed by atoms with E-state index in [1.165, 1.54) is 39.9 Å². The van der Waals surface area contributed by atoms with Gasteiger partial charge in [0, 0.05) is 34.6 Å². The third-order valence-corrected chi connectivity index (χ3v) is 4.31. The number of aryl methyl sites for hydroxylation is 1. The van der Waals surface area contributed by atoms with Gasteiger partial charge in [0.25, 0.3) is 23.4 Å². The second-order valence-corrected chi connectivity index (χ2v) is 6.58. The van der Waals surface area contributed by atoms with E-state index in [2.05, 4.69) is 20.7 Å². The molecule has 0 aliphatic heterocycles. The number of fused-ring (bicyclic) bond motifs is 1. The maximum atomic E-state index is 12.1. The molecule has 0 saturated heterocycles. The number of non-ortho nitro benzene ring substituents is 1. The van der Waals surface area contributed by atoms with Crippen molar-refractivity contribution in [3.05, 3.63) is 80.6 Å². The minimum atomic E-state index is -0.482. The summed E-state index contributed by atoms with van der Waals surface area (Å²) in [5.74, 6) is 0.391. The number of hydrogen-bond donors (Lipinski definition) is 2. The molecule has 12 heteroatoms. The Labute approximate surface area is 173 Å². The van der Waals surface area contributed by atoms with Gasteiger partial charge in [0.2, 0.25) is 0 Å². The molecule has 4 aromatic rings. The van der Waals surface area contributed by atoms with Crippen LogP contribution in [0.4, 0.5) is 5.69 Å². The fraction of sp³-hybridized carbons (Fsp3) is 0.105. The minimum absolute atomic E-state index is 0.0136. The van der Waals surface area contributed by atoms with Crippen LogP contribution in [0.15, 0.2) is 63.1 Å². The Hall–Kier alpha value is -4.61. The fourth-order valence-corrected chi connectivity index (χ4v) is 2.94. The molecule has 1 aromatic carbocycles. The number of carbonyl (C=O) groups is 1. The highest BCUT2D eigenvalue weighted by atomic mass is 16.6. The standard InChI is InChI=1S/C19H15N7O5/c1-12-8-16(27)19-24(21-11-25(19)23-12)10-18(28)22-20-9-15-6-7-17(31-15)13-2-4-14(5-3-13)26(29)30/h2-9,11H,10H2,1H3,(H-,22,23,27,28)/p+1/b20-9+. The topological polar surface area (TPSA) is 153 Å². The molecule has 3 heterocycles. The van der Waals surface area contributed by atoms with Gasteiger partial charge in [-0.1, -0.05) is 4.68 Å². The van der Waals surface area contributed by atoms with Crippen molar-refractivity contribution in [1.29, 1.82) is 0 Å². The summed E-state index contributed by atoms with van der Waals surface area (Å²) in [7, 11) is 0. The van der Waals surface area contributed by atoms with E-state index in [0.29, 0.717) is 22.8 Å². The van der Waals surface area contributed by atoms with Gasteiger partial charge >= 0.3 is 5.65 Å². The van der Waals surface area contributed by atoms with Gasteiger partial charge in [-0.3, -0.25) is 19.7 Å². The SMILES string of the molecule is Cc1cc(=O)c2n(CC(=O)N/N=C/c3ccc(-c4ccc([N+](=O)[O-])cc4)o3)nc[n+]2[nH]1. The lowest BCUT2D eigenvalue weighted by atomic mass is 10.1. The highest BCUT2D eigenvalue weighted by Crippen LogP contribution is 2.23. The number of carbonyl (C=O) groups excluding carboxylic acids is 1. The molecule has 4 rings (SSSR count). The maximum Gasteiger partial charge on any atom is 0.331 e. The molecule has 0 bridgehead atoms. The number of furan rings is 1. The summed E-state index contributed by atoms with van der Waals surface area (Å²) in [4.78, 5) is 34.5. The number of nitrogens with zero attached hydrogens (tertiary/aromatic N) is 5. The van der Waals surface area contributed by atoms with Crippen molar-refractivity contribution in [2.75, 3.05) is 0 Å². The van der Waals surface area contributed by atoms with Crippen LogP contribution in [0.5, 0.6) is 0 Å². The maximum absolute atomic E-state index is 12.1. The molecule has 0 fully saturated rings. The first kappa shape index (κ1) is 19.7. The molecule has 0 radical (unpaired) electrons. The molecule has 0 atom stereocenters. The molecule has 31 heavy (non-hydrogen) atoms. The number of hydrogen-bond acceptors (Lipinski definition) is 7. The van der Waals surface area contributed by atoms with Gasteiger partial charge in [0.05, 0.1) is 11.1 Å². The molecule has 1 amide bonds. The van der Waals surface area contributed by atoms with Crippen LogP contribution >= 0.6 is 0 Å². The monoisotopic (exact) mass is 422 g/mol. The van der Waals surface area contributed by atoms with Gasteiger partial charge in [-0.25, -0.2) is 10.5 Å². The lowest BCUT2D eigenvalue weighted by Crippen LogP contribution is -2.33. The quantitative estimate of drug-likeness (QED) is 0.204. The van der Waals surface area contributed by atoms with Gasteiger partial charge in [0.1, 0.15) is 11.5 Å². The van der Waals surface area contributed by atoms with Crippen LogP contribution in [0, 0.1) is 17.0 Å². The Morgan fingerprint density at radius 1 is 1.35 bits per heavy atom. The van der Waals surface area contributed by atoms with Gasteiger partial charge in [-0.05, 0) is 31.2 Å². The van der Waals surface area contributed by atoms with Gasteiger partial charge < -0.3 is 4.42 Å². The number of nitro groups is 1. The van der Waals surface area contributed by atoms with E-state index in [1.807, 2.05) is 0 Å². The van der Waals surface area contributed by atoms with Crippen molar-refractivity contribution in [2.24, 2.45) is 5.10 Å². The van der Waals surface area contributed by atoms with Crippen molar-refractivity contribution < 1.29 is 18.7 Å². The summed E-state index contributed by atoms with van der Waals surface area (Å²) in [5, 5.41) is 21.5. The molecule has 0 saturated carbocycles. The highest BCUT2D eigenvalue weighted by molar-refractivity contribution is 5.81. The van der Waals surface area contributed by atoms with Crippen LogP contribution in [-0.2, 0) is 11.3 Å². The van der Waals surface area contributed by atoms with Crippen molar-refractivity contribution in [2.45, 2.75) is 13.5 Å². The second kappa shape index (κ2) is 8.02. The lowest BCUT2D eigenvalue weighted by molar-refractivity contribution is -0.582. The van der Waals surface area contributed by atoms with Gasteiger partial charge in [0.15, 0.2) is 6.54 Å². The normalized spacial score (nSPS) is 11.3. The molecule has 156 valence electrons. The molecular weight excluding hydrogens is 406 g/mol. The Bertz CT molecular complexity index is 1360. The number of hydrazone groups is 1. The molecule has 3 aromatic heterocycles. The fourth-order valence-electron chi connectivity index (χ4n) is 2.94. The van der Waals surface area contributed by atoms with Gasteiger partial charge in [-0.2, -0.15) is 5.10 Å². The van der Waals surface area contributed by atoms with E-state index in [-0.39, 0.29) is 23.3 Å². The van der Waals surface area contributed by atoms with E-state index < -0.39 is 10.8 Å². The number of benzene rings is 1. The summed E-state index contributed by atoms with van der Waals surface area (Å²) in [6.45, 7) is 1.54. The Balaban J connectivity index is 1.40. The van der Waals surface area contributed by atoms with E-state index >= 15 is 0 Å². The third kappa shape index (κ3) is 4.22. The molecular formula is C19H16N7O5+. The van der Waals surface area contributed by atoms with Crippen molar-refractivity contribution >= 4 is 23.5 Å². The zero-order chi connectivity index (χ0) is 22.0. The predicted octanol–water partition coefficient (Wildman–Crippen LogP) is 0.937. The molecule has 0 aliphatic carbocycles. The summed E-state index contributed by atoms with van der Waals surface area (Å²) < 4.78 is 8.31. The predicted molar refractivity (Wildman–Crippen MR) is 107 cm³/mol. The third-order valence-electron chi connectivity index (χ3n) is 4.31. The smallest absolute Gasteiger partial charge is 0.331 e. The first-order valence-electron chi connectivity index (χ1n) is 9.04. The molecule has 12 nitrogen and oxygen atoms in total. The number of aromatic amines is 1. The molecule has 0 spiro atoms. The number of H-pyrrole nitrogens is 1. The number of amides is 1. The van der Waals surface area contributed by atoms with Crippen LogP contribution in [0.2, 0.25) is 0 Å². The van der Waals surface area contributed by atoms with Gasteiger partial charge in [-0.15, -0.1) is 4.52 Å². The number of nitrogens with one attached hydrogen (secondary N) is 2. The first-order chi connectivity index (χ1) is 14.9. The Morgan fingerprint density at radius 3 is 2.87 bits per heavy atom. The van der Waals surface area contributed by atoms with Crippen LogP contribution in [0.1, 0.15) is 11.5 Å². The zero-order valence-electron chi connectivity index (χ0n) is 16.2. The van der Waals surface area contributed by atoms with E-state index in [0.717, 1.165) is 0 Å². The number of aromatic nitrogens is 4. The Morgan fingerprint density at radius 2 is 2.13 bits per heavy atom. The van der Waals surface area contributed by atoms with E-state index in [9.17, 15) is 19.7 Å². The molecule has 0 aliphatic rings. The Kier molecular flexibility index (Phi) is 5.10. The zero-order valence-corrected chi connectivity index (χ0v) is 16.2. The molecule has 0 unspecified atom stereocenters. The van der Waals surface area contributed by atoms with Crippen molar-refractivity contribution in [3.8, 4) is 11.3 Å².